The van der Waals surface area contributed by atoms with Gasteiger partial charge in [-0.1, -0.05) is 20.8 Å². The molecule has 84 valence electrons. The molecule has 0 radical (unpaired) electrons. The van der Waals surface area contributed by atoms with Crippen molar-refractivity contribution in [1.82, 2.24) is 4.98 Å². The molecule has 4 N–H and O–H groups in total. The standard InChI is InChI=1S/C10H17N3OS/c1-10(2,3)7-5-15-8(13-7)4-6(11)9(12)14/h5-6H,4,11H2,1-3H3,(H2,12,14). The number of thiazole rings is 1. The van der Waals surface area contributed by atoms with E-state index in [2.05, 4.69) is 25.8 Å². The molecule has 4 nitrogen and oxygen atoms in total. The summed E-state index contributed by atoms with van der Waals surface area (Å²) in [4.78, 5) is 15.2. The summed E-state index contributed by atoms with van der Waals surface area (Å²) in [6.07, 6.45) is 0.427. The maximum absolute atomic E-state index is 10.8. The minimum atomic E-state index is -0.635. The summed E-state index contributed by atoms with van der Waals surface area (Å²) >= 11 is 1.52. The van der Waals surface area contributed by atoms with Crippen molar-refractivity contribution in [3.63, 3.8) is 0 Å². The Morgan fingerprint density at radius 3 is 2.60 bits per heavy atom. The predicted molar refractivity (Wildman–Crippen MR) is 61.7 cm³/mol. The Kier molecular flexibility index (Phi) is 3.46. The van der Waals surface area contributed by atoms with Crippen molar-refractivity contribution < 1.29 is 4.79 Å². The van der Waals surface area contributed by atoms with E-state index in [-0.39, 0.29) is 5.41 Å². The van der Waals surface area contributed by atoms with Crippen LogP contribution in [0.2, 0.25) is 0 Å². The smallest absolute Gasteiger partial charge is 0.234 e. The van der Waals surface area contributed by atoms with Crippen molar-refractivity contribution in [2.75, 3.05) is 0 Å². The number of nitrogens with two attached hydrogens (primary N) is 2. The van der Waals surface area contributed by atoms with Gasteiger partial charge in [0.25, 0.3) is 0 Å². The molecule has 1 heterocycles. The van der Waals surface area contributed by atoms with Crippen molar-refractivity contribution in [2.45, 2.75) is 38.6 Å². The third-order valence-electron chi connectivity index (χ3n) is 2.08. The van der Waals surface area contributed by atoms with Gasteiger partial charge >= 0.3 is 0 Å². The lowest BCUT2D eigenvalue weighted by Crippen LogP contribution is -2.38. The van der Waals surface area contributed by atoms with Gasteiger partial charge in [-0.15, -0.1) is 11.3 Å². The number of nitrogens with zero attached hydrogens (tertiary/aromatic N) is 1. The molecule has 1 aromatic rings. The first-order chi connectivity index (χ1) is 6.80. The first kappa shape index (κ1) is 12.1. The van der Waals surface area contributed by atoms with Crippen LogP contribution in [0.25, 0.3) is 0 Å². The van der Waals surface area contributed by atoms with Gasteiger partial charge in [0.1, 0.15) is 0 Å². The fourth-order valence-electron chi connectivity index (χ4n) is 1.04. The topological polar surface area (TPSA) is 82.0 Å². The van der Waals surface area contributed by atoms with Gasteiger partial charge in [0.2, 0.25) is 5.91 Å². The molecule has 0 aliphatic rings. The third kappa shape index (κ3) is 3.28. The van der Waals surface area contributed by atoms with Gasteiger partial charge in [-0.2, -0.15) is 0 Å². The van der Waals surface area contributed by atoms with E-state index >= 15 is 0 Å². The monoisotopic (exact) mass is 227 g/mol. The van der Waals surface area contributed by atoms with Crippen LogP contribution in [0.4, 0.5) is 0 Å². The zero-order valence-corrected chi connectivity index (χ0v) is 10.1. The molecule has 0 aromatic carbocycles. The molecule has 0 fully saturated rings. The number of carbonyl (C=O) groups excluding carboxylic acids is 1. The predicted octanol–water partition coefficient (Wildman–Crippen LogP) is 0.796. The van der Waals surface area contributed by atoms with E-state index in [0.29, 0.717) is 6.42 Å². The largest absolute Gasteiger partial charge is 0.368 e. The second-order valence-electron chi connectivity index (χ2n) is 4.59. The molecule has 0 saturated heterocycles. The van der Waals surface area contributed by atoms with Gasteiger partial charge in [0, 0.05) is 17.2 Å². The Morgan fingerprint density at radius 1 is 1.60 bits per heavy atom. The summed E-state index contributed by atoms with van der Waals surface area (Å²) in [6, 6.07) is -0.635. The van der Waals surface area contributed by atoms with Crippen LogP contribution in [0.15, 0.2) is 5.38 Å². The van der Waals surface area contributed by atoms with Crippen LogP contribution >= 0.6 is 11.3 Å². The van der Waals surface area contributed by atoms with Crippen LogP contribution in [-0.2, 0) is 16.6 Å². The van der Waals surface area contributed by atoms with Crippen LogP contribution in [-0.4, -0.2) is 16.9 Å². The summed E-state index contributed by atoms with van der Waals surface area (Å²) in [5.74, 6) is -0.484. The SMILES string of the molecule is CC(C)(C)c1csc(CC(N)C(N)=O)n1. The lowest BCUT2D eigenvalue weighted by atomic mass is 9.93. The summed E-state index contributed by atoms with van der Waals surface area (Å²) in [6.45, 7) is 6.29. The van der Waals surface area contributed by atoms with Crippen molar-refractivity contribution in [2.24, 2.45) is 11.5 Å². The van der Waals surface area contributed by atoms with E-state index in [1.54, 1.807) is 0 Å². The second kappa shape index (κ2) is 4.28. The number of aromatic nitrogens is 1. The third-order valence-corrected chi connectivity index (χ3v) is 2.95. The van der Waals surface area contributed by atoms with E-state index in [4.69, 9.17) is 11.5 Å². The van der Waals surface area contributed by atoms with Gasteiger partial charge in [-0.25, -0.2) is 4.98 Å². The number of hydrogen-bond donors (Lipinski definition) is 2. The highest BCUT2D eigenvalue weighted by Crippen LogP contribution is 2.24. The highest BCUT2D eigenvalue weighted by molar-refractivity contribution is 7.09. The molecular weight excluding hydrogens is 210 g/mol. The van der Waals surface area contributed by atoms with Gasteiger partial charge in [0.15, 0.2) is 0 Å². The molecule has 1 amide bonds. The van der Waals surface area contributed by atoms with Crippen molar-refractivity contribution >= 4 is 17.2 Å². The summed E-state index contributed by atoms with van der Waals surface area (Å²) in [5.41, 5.74) is 11.7. The quantitative estimate of drug-likeness (QED) is 0.801. The summed E-state index contributed by atoms with van der Waals surface area (Å²) in [5, 5.41) is 2.87. The molecule has 0 saturated carbocycles. The maximum atomic E-state index is 10.8. The van der Waals surface area contributed by atoms with E-state index < -0.39 is 11.9 Å². The molecule has 1 aromatic heterocycles. The van der Waals surface area contributed by atoms with Crippen LogP contribution < -0.4 is 11.5 Å². The molecule has 0 aliphatic carbocycles. The molecule has 1 atom stereocenters. The lowest BCUT2D eigenvalue weighted by molar-refractivity contribution is -0.119. The van der Waals surface area contributed by atoms with E-state index in [0.717, 1.165) is 10.7 Å². The Morgan fingerprint density at radius 2 is 2.20 bits per heavy atom. The minimum Gasteiger partial charge on any atom is -0.368 e. The second-order valence-corrected chi connectivity index (χ2v) is 5.53. The van der Waals surface area contributed by atoms with Gasteiger partial charge in [-0.05, 0) is 0 Å². The zero-order chi connectivity index (χ0) is 11.6. The Hall–Kier alpha value is -0.940. The van der Waals surface area contributed by atoms with E-state index in [1.165, 1.54) is 11.3 Å². The maximum Gasteiger partial charge on any atom is 0.234 e. The molecule has 0 spiro atoms. The van der Waals surface area contributed by atoms with Crippen LogP contribution in [0.5, 0.6) is 0 Å². The molecule has 1 rings (SSSR count). The number of amides is 1. The first-order valence-electron chi connectivity index (χ1n) is 4.80. The Bertz CT molecular complexity index is 354. The van der Waals surface area contributed by atoms with E-state index in [9.17, 15) is 4.79 Å². The molecule has 15 heavy (non-hydrogen) atoms. The summed E-state index contributed by atoms with van der Waals surface area (Å²) < 4.78 is 0. The highest BCUT2D eigenvalue weighted by atomic mass is 32.1. The average molecular weight is 227 g/mol. The zero-order valence-electron chi connectivity index (χ0n) is 9.28. The molecule has 0 bridgehead atoms. The number of rotatable bonds is 3. The average Bonchev–Trinajstić information content (AvgIpc) is 2.51. The minimum absolute atomic E-state index is 0.0333. The van der Waals surface area contributed by atoms with Crippen LogP contribution in [0, 0.1) is 0 Å². The fourth-order valence-corrected chi connectivity index (χ4v) is 2.12. The number of hydrogen-bond acceptors (Lipinski definition) is 4. The van der Waals surface area contributed by atoms with Crippen molar-refractivity contribution in [1.29, 1.82) is 0 Å². The Balaban J connectivity index is 2.73. The normalized spacial score (nSPS) is 13.9. The van der Waals surface area contributed by atoms with Crippen molar-refractivity contribution in [3.8, 4) is 0 Å². The number of primary amides is 1. The van der Waals surface area contributed by atoms with Gasteiger partial charge in [0.05, 0.1) is 16.7 Å². The first-order valence-corrected chi connectivity index (χ1v) is 5.68. The van der Waals surface area contributed by atoms with Gasteiger partial charge in [-0.3, -0.25) is 4.79 Å². The summed E-state index contributed by atoms with van der Waals surface area (Å²) in [7, 11) is 0. The molecule has 5 heteroatoms. The molecular formula is C10H17N3OS. The highest BCUT2D eigenvalue weighted by Gasteiger charge is 2.19. The number of carbonyl (C=O) groups is 1. The van der Waals surface area contributed by atoms with Gasteiger partial charge < -0.3 is 11.5 Å². The molecule has 0 aliphatic heterocycles. The molecule has 1 unspecified atom stereocenters. The van der Waals surface area contributed by atoms with Crippen LogP contribution in [0.3, 0.4) is 0 Å². The fraction of sp³-hybridized carbons (Fsp3) is 0.600. The van der Waals surface area contributed by atoms with Crippen LogP contribution in [0.1, 0.15) is 31.5 Å². The van der Waals surface area contributed by atoms with E-state index in [1.807, 2.05) is 5.38 Å². The van der Waals surface area contributed by atoms with Crippen molar-refractivity contribution in [3.05, 3.63) is 16.1 Å². The Labute approximate surface area is 93.7 Å². The lowest BCUT2D eigenvalue weighted by Gasteiger charge is -2.14.